The van der Waals surface area contributed by atoms with Gasteiger partial charge in [-0.3, -0.25) is 4.79 Å². The van der Waals surface area contributed by atoms with E-state index in [2.05, 4.69) is 24.1 Å². The summed E-state index contributed by atoms with van der Waals surface area (Å²) in [6.45, 7) is 8.14. The third-order valence-electron chi connectivity index (χ3n) is 2.91. The fraction of sp³-hybridized carbons (Fsp3) is 0.538. The van der Waals surface area contributed by atoms with E-state index in [1.807, 2.05) is 19.9 Å². The van der Waals surface area contributed by atoms with E-state index in [9.17, 15) is 4.79 Å². The van der Waals surface area contributed by atoms with Gasteiger partial charge in [0.1, 0.15) is 0 Å². The predicted molar refractivity (Wildman–Crippen MR) is 66.2 cm³/mol. The molecule has 4 heteroatoms. The zero-order valence-corrected chi connectivity index (χ0v) is 10.7. The quantitative estimate of drug-likeness (QED) is 0.855. The van der Waals surface area contributed by atoms with Crippen LogP contribution < -0.4 is 10.1 Å². The van der Waals surface area contributed by atoms with Gasteiger partial charge in [-0.2, -0.15) is 0 Å². The third-order valence-corrected chi connectivity index (χ3v) is 2.91. The second-order valence-corrected chi connectivity index (χ2v) is 5.00. The summed E-state index contributed by atoms with van der Waals surface area (Å²) in [5, 5.41) is 2.81. The lowest BCUT2D eigenvalue weighted by Gasteiger charge is -2.29. The Kier molecular flexibility index (Phi) is 3.05. The van der Waals surface area contributed by atoms with E-state index in [-0.39, 0.29) is 11.8 Å². The average Bonchev–Trinajstić information content (AvgIpc) is 2.26. The summed E-state index contributed by atoms with van der Waals surface area (Å²) in [6.07, 6.45) is 1.28. The maximum Gasteiger partial charge on any atom is 0.266 e. The Morgan fingerprint density at radius 1 is 1.35 bits per heavy atom. The molecule has 1 N–H and O–H groups in total. The Bertz CT molecular complexity index is 441. The van der Waals surface area contributed by atoms with Crippen molar-refractivity contribution in [1.29, 1.82) is 0 Å². The van der Waals surface area contributed by atoms with Gasteiger partial charge in [-0.25, -0.2) is 4.98 Å². The number of amides is 1. The number of pyridine rings is 1. The Balaban J connectivity index is 2.43. The van der Waals surface area contributed by atoms with Crippen molar-refractivity contribution < 1.29 is 9.53 Å². The smallest absolute Gasteiger partial charge is 0.266 e. The van der Waals surface area contributed by atoms with E-state index < -0.39 is 6.10 Å². The molecule has 0 aliphatic carbocycles. The second-order valence-electron chi connectivity index (χ2n) is 5.00. The van der Waals surface area contributed by atoms with Crippen LogP contribution in [0.15, 0.2) is 12.3 Å². The number of fused-ring (bicyclic) bond motifs is 1. The molecule has 0 bridgehead atoms. The van der Waals surface area contributed by atoms with Crippen LogP contribution in [0.1, 0.15) is 39.2 Å². The average molecular weight is 234 g/mol. The van der Waals surface area contributed by atoms with Gasteiger partial charge in [0.15, 0.2) is 17.7 Å². The van der Waals surface area contributed by atoms with Crippen LogP contribution in [-0.4, -0.2) is 17.0 Å². The summed E-state index contributed by atoms with van der Waals surface area (Å²) in [5.74, 6) is 1.64. The molecule has 17 heavy (non-hydrogen) atoms. The maximum atomic E-state index is 11.8. The van der Waals surface area contributed by atoms with E-state index in [1.165, 1.54) is 0 Å². The van der Waals surface area contributed by atoms with E-state index in [0.717, 1.165) is 11.3 Å². The van der Waals surface area contributed by atoms with E-state index >= 15 is 0 Å². The molecule has 1 amide bonds. The topological polar surface area (TPSA) is 51.2 Å². The molecule has 1 aromatic heterocycles. The summed E-state index contributed by atoms with van der Waals surface area (Å²) in [4.78, 5) is 16.0. The molecule has 0 aromatic carbocycles. The first-order valence-corrected chi connectivity index (χ1v) is 5.97. The largest absolute Gasteiger partial charge is 0.476 e. The van der Waals surface area contributed by atoms with Crippen LogP contribution >= 0.6 is 0 Å². The molecule has 1 aliphatic heterocycles. The summed E-state index contributed by atoms with van der Waals surface area (Å²) in [5.41, 5.74) is 1.08. The minimum Gasteiger partial charge on any atom is -0.476 e. The van der Waals surface area contributed by atoms with Crippen molar-refractivity contribution in [1.82, 2.24) is 4.98 Å². The highest BCUT2D eigenvalue weighted by Crippen LogP contribution is 2.36. The molecule has 0 saturated heterocycles. The lowest BCUT2D eigenvalue weighted by molar-refractivity contribution is -0.125. The van der Waals surface area contributed by atoms with Gasteiger partial charge in [-0.15, -0.1) is 0 Å². The van der Waals surface area contributed by atoms with Crippen LogP contribution in [0.25, 0.3) is 0 Å². The van der Waals surface area contributed by atoms with Gasteiger partial charge in [0.05, 0.1) is 0 Å². The van der Waals surface area contributed by atoms with Gasteiger partial charge in [0.2, 0.25) is 0 Å². The first-order chi connectivity index (χ1) is 8.00. The number of hydrogen-bond donors (Lipinski definition) is 1. The Morgan fingerprint density at radius 3 is 2.65 bits per heavy atom. The maximum absolute atomic E-state index is 11.8. The molecule has 2 rings (SSSR count). The van der Waals surface area contributed by atoms with Crippen molar-refractivity contribution in [2.75, 3.05) is 5.32 Å². The van der Waals surface area contributed by atoms with Crippen LogP contribution in [0.4, 0.5) is 5.82 Å². The molecule has 2 heterocycles. The molecular weight excluding hydrogens is 216 g/mol. The van der Waals surface area contributed by atoms with Crippen molar-refractivity contribution in [3.8, 4) is 5.75 Å². The van der Waals surface area contributed by atoms with Gasteiger partial charge in [0, 0.05) is 11.8 Å². The molecule has 4 nitrogen and oxygen atoms in total. The molecule has 1 atom stereocenters. The third kappa shape index (κ3) is 2.12. The number of rotatable bonds is 2. The first kappa shape index (κ1) is 11.9. The van der Waals surface area contributed by atoms with E-state index in [0.29, 0.717) is 11.7 Å². The van der Waals surface area contributed by atoms with Crippen LogP contribution in [0, 0.1) is 5.92 Å². The summed E-state index contributed by atoms with van der Waals surface area (Å²) in [7, 11) is 0. The van der Waals surface area contributed by atoms with Gasteiger partial charge < -0.3 is 10.1 Å². The number of carbonyl (C=O) groups is 1. The summed E-state index contributed by atoms with van der Waals surface area (Å²) >= 11 is 0. The van der Waals surface area contributed by atoms with Gasteiger partial charge in [0.25, 0.3) is 5.91 Å². The van der Waals surface area contributed by atoms with Crippen molar-refractivity contribution >= 4 is 11.7 Å². The zero-order chi connectivity index (χ0) is 12.6. The van der Waals surface area contributed by atoms with E-state index in [1.54, 1.807) is 6.20 Å². The molecular formula is C13H18N2O2. The minimum atomic E-state index is -0.427. The van der Waals surface area contributed by atoms with Crippen molar-refractivity contribution in [3.63, 3.8) is 0 Å². The molecule has 0 saturated carbocycles. The number of nitrogens with one attached hydrogen (secondary N) is 1. The van der Waals surface area contributed by atoms with Crippen LogP contribution in [0.5, 0.6) is 5.75 Å². The standard InChI is InChI=1S/C13H18N2O2/c1-7(2)9-5-6-14-12-11(9)17-10(8(3)4)13(16)15-12/h5-8,10H,1-4H3,(H,14,15,16)/t10-/m1/s1. The fourth-order valence-corrected chi connectivity index (χ4v) is 1.94. The molecule has 92 valence electrons. The number of nitrogens with zero attached hydrogens (tertiary/aromatic N) is 1. The fourth-order valence-electron chi connectivity index (χ4n) is 1.94. The summed E-state index contributed by atoms with van der Waals surface area (Å²) in [6, 6.07) is 1.94. The number of carbonyl (C=O) groups excluding carboxylic acids is 1. The SMILES string of the molecule is CC(C)c1ccnc2c1O[C@H](C(C)C)C(=O)N2. The lowest BCUT2D eigenvalue weighted by atomic mass is 10.0. The van der Waals surface area contributed by atoms with Crippen LogP contribution in [0.2, 0.25) is 0 Å². The molecule has 0 fully saturated rings. The van der Waals surface area contributed by atoms with Crippen LogP contribution in [-0.2, 0) is 4.79 Å². The number of anilines is 1. The molecule has 0 unspecified atom stereocenters. The van der Waals surface area contributed by atoms with Crippen molar-refractivity contribution in [2.45, 2.75) is 39.7 Å². The zero-order valence-electron chi connectivity index (χ0n) is 10.7. The van der Waals surface area contributed by atoms with E-state index in [4.69, 9.17) is 4.74 Å². The highest BCUT2D eigenvalue weighted by Gasteiger charge is 2.32. The highest BCUT2D eigenvalue weighted by atomic mass is 16.5. The molecule has 0 spiro atoms. The number of ether oxygens (including phenoxy) is 1. The predicted octanol–water partition coefficient (Wildman–Crippen LogP) is 2.56. The Hall–Kier alpha value is -1.58. The van der Waals surface area contributed by atoms with Gasteiger partial charge in [-0.05, 0) is 17.9 Å². The number of hydrogen-bond acceptors (Lipinski definition) is 3. The Labute approximate surface area is 101 Å². The summed E-state index contributed by atoms with van der Waals surface area (Å²) < 4.78 is 5.82. The van der Waals surface area contributed by atoms with Crippen molar-refractivity contribution in [2.24, 2.45) is 5.92 Å². The van der Waals surface area contributed by atoms with Gasteiger partial charge in [-0.1, -0.05) is 27.7 Å². The first-order valence-electron chi connectivity index (χ1n) is 5.97. The second kappa shape index (κ2) is 4.35. The highest BCUT2D eigenvalue weighted by molar-refractivity contribution is 5.97. The van der Waals surface area contributed by atoms with Crippen molar-refractivity contribution in [3.05, 3.63) is 17.8 Å². The Morgan fingerprint density at radius 2 is 2.06 bits per heavy atom. The molecule has 1 aliphatic rings. The lowest BCUT2D eigenvalue weighted by Crippen LogP contribution is -2.41. The number of aromatic nitrogens is 1. The minimum absolute atomic E-state index is 0.110. The van der Waals surface area contributed by atoms with Gasteiger partial charge >= 0.3 is 0 Å². The normalized spacial score (nSPS) is 18.9. The van der Waals surface area contributed by atoms with Crippen LogP contribution in [0.3, 0.4) is 0 Å². The molecule has 0 radical (unpaired) electrons. The molecule has 1 aromatic rings. The monoisotopic (exact) mass is 234 g/mol.